The van der Waals surface area contributed by atoms with Gasteiger partial charge in [0, 0.05) is 18.5 Å². The predicted octanol–water partition coefficient (Wildman–Crippen LogP) is 3.87. The molecule has 3 heterocycles. The summed E-state index contributed by atoms with van der Waals surface area (Å²) >= 11 is 0. The molecule has 0 bridgehead atoms. The molecule has 0 spiro atoms. The van der Waals surface area contributed by atoms with E-state index < -0.39 is 18.5 Å². The van der Waals surface area contributed by atoms with Gasteiger partial charge in [-0.25, -0.2) is 14.5 Å². The number of rotatable bonds is 7. The van der Waals surface area contributed by atoms with Crippen LogP contribution in [0.3, 0.4) is 0 Å². The summed E-state index contributed by atoms with van der Waals surface area (Å²) in [5.74, 6) is -0.290. The van der Waals surface area contributed by atoms with E-state index in [1.807, 2.05) is 38.1 Å². The normalized spacial score (nSPS) is 10.5. The lowest BCUT2D eigenvalue weighted by atomic mass is 10.2. The predicted molar refractivity (Wildman–Crippen MR) is 120 cm³/mol. The van der Waals surface area contributed by atoms with Crippen LogP contribution in [0.15, 0.2) is 73.2 Å². The van der Waals surface area contributed by atoms with E-state index in [9.17, 15) is 9.59 Å². The van der Waals surface area contributed by atoms with Crippen molar-refractivity contribution in [1.29, 1.82) is 0 Å². The van der Waals surface area contributed by atoms with E-state index >= 15 is 0 Å². The summed E-state index contributed by atoms with van der Waals surface area (Å²) in [7, 11) is 0. The zero-order chi connectivity index (χ0) is 23.2. The molecule has 1 amide bonds. The van der Waals surface area contributed by atoms with Crippen LogP contribution < -0.4 is 10.1 Å². The summed E-state index contributed by atoms with van der Waals surface area (Å²) < 4.78 is 12.4. The van der Waals surface area contributed by atoms with Crippen LogP contribution in [0.5, 0.6) is 11.6 Å². The van der Waals surface area contributed by atoms with Gasteiger partial charge in [-0.3, -0.25) is 9.78 Å². The van der Waals surface area contributed by atoms with Crippen LogP contribution in [0.2, 0.25) is 0 Å². The zero-order valence-electron chi connectivity index (χ0n) is 18.1. The number of hydrogen-bond acceptors (Lipinski definition) is 7. The molecule has 0 fully saturated rings. The van der Waals surface area contributed by atoms with Gasteiger partial charge in [-0.05, 0) is 50.2 Å². The van der Waals surface area contributed by atoms with E-state index in [2.05, 4.69) is 20.4 Å². The highest BCUT2D eigenvalue weighted by Crippen LogP contribution is 2.23. The minimum atomic E-state index is -0.736. The lowest BCUT2D eigenvalue weighted by Gasteiger charge is -2.11. The quantitative estimate of drug-likeness (QED) is 0.432. The minimum absolute atomic E-state index is 0.0592. The first-order chi connectivity index (χ1) is 16.0. The van der Waals surface area contributed by atoms with Gasteiger partial charge < -0.3 is 14.8 Å². The fraction of sp³-hybridized carbons (Fsp3) is 0.125. The molecule has 0 saturated heterocycles. The van der Waals surface area contributed by atoms with Crippen molar-refractivity contribution in [2.45, 2.75) is 13.8 Å². The first kappa shape index (κ1) is 21.7. The van der Waals surface area contributed by atoms with Crippen molar-refractivity contribution in [2.24, 2.45) is 0 Å². The van der Waals surface area contributed by atoms with Crippen molar-refractivity contribution in [2.75, 3.05) is 11.9 Å². The molecule has 9 heteroatoms. The van der Waals surface area contributed by atoms with Gasteiger partial charge in [0.1, 0.15) is 17.1 Å². The van der Waals surface area contributed by atoms with Crippen molar-refractivity contribution in [3.8, 4) is 17.3 Å². The largest absolute Gasteiger partial charge is 0.452 e. The number of nitrogens with one attached hydrogen (secondary N) is 1. The van der Waals surface area contributed by atoms with Gasteiger partial charge in [0.2, 0.25) is 5.88 Å². The van der Waals surface area contributed by atoms with Crippen molar-refractivity contribution in [3.63, 3.8) is 0 Å². The third-order valence-corrected chi connectivity index (χ3v) is 4.55. The molecule has 0 aliphatic heterocycles. The second kappa shape index (κ2) is 9.73. The molecule has 0 unspecified atom stereocenters. The summed E-state index contributed by atoms with van der Waals surface area (Å²) in [5.41, 5.74) is 2.74. The smallest absolute Gasteiger partial charge is 0.344 e. The van der Waals surface area contributed by atoms with Crippen molar-refractivity contribution < 1.29 is 19.1 Å². The number of nitrogens with zero attached hydrogens (tertiary/aromatic N) is 4. The molecule has 4 aromatic rings. The first-order valence-electron chi connectivity index (χ1n) is 10.1. The number of esters is 1. The van der Waals surface area contributed by atoms with E-state index in [1.54, 1.807) is 35.1 Å². The Kier molecular flexibility index (Phi) is 6.40. The van der Waals surface area contributed by atoms with Crippen molar-refractivity contribution in [3.05, 3.63) is 90.0 Å². The molecule has 4 rings (SSSR count). The molecular weight excluding hydrogens is 422 g/mol. The highest BCUT2D eigenvalue weighted by atomic mass is 16.5. The third-order valence-electron chi connectivity index (χ3n) is 4.55. The van der Waals surface area contributed by atoms with Gasteiger partial charge in [0.25, 0.3) is 5.91 Å². The number of aromatic nitrogens is 4. The van der Waals surface area contributed by atoms with Crippen LogP contribution in [-0.4, -0.2) is 38.2 Å². The molecule has 0 saturated carbocycles. The molecule has 9 nitrogen and oxygen atoms in total. The molecule has 0 aliphatic rings. The third kappa shape index (κ3) is 5.40. The van der Waals surface area contributed by atoms with E-state index in [1.165, 1.54) is 18.5 Å². The molecule has 3 aromatic heterocycles. The summed E-state index contributed by atoms with van der Waals surface area (Å²) in [5, 5.41) is 7.16. The van der Waals surface area contributed by atoms with Crippen LogP contribution in [0.4, 0.5) is 5.82 Å². The van der Waals surface area contributed by atoms with Gasteiger partial charge in [-0.2, -0.15) is 5.10 Å². The van der Waals surface area contributed by atoms with E-state index in [-0.39, 0.29) is 11.4 Å². The van der Waals surface area contributed by atoms with Gasteiger partial charge in [-0.15, -0.1) is 0 Å². The van der Waals surface area contributed by atoms with Crippen LogP contribution >= 0.6 is 0 Å². The van der Waals surface area contributed by atoms with E-state index in [4.69, 9.17) is 9.47 Å². The zero-order valence-corrected chi connectivity index (χ0v) is 18.1. The number of aryl methyl sites for hydroxylation is 2. The number of ether oxygens (including phenoxy) is 2. The number of benzene rings is 1. The molecule has 1 aromatic carbocycles. The summed E-state index contributed by atoms with van der Waals surface area (Å²) in [6.07, 6.45) is 4.59. The summed E-state index contributed by atoms with van der Waals surface area (Å²) in [6, 6.07) is 15.9. The fourth-order valence-corrected chi connectivity index (χ4v) is 3.01. The molecule has 0 aliphatic carbocycles. The number of amides is 1. The van der Waals surface area contributed by atoms with Crippen LogP contribution in [0.25, 0.3) is 5.69 Å². The fourth-order valence-electron chi connectivity index (χ4n) is 3.01. The molecule has 0 radical (unpaired) electrons. The minimum Gasteiger partial charge on any atom is -0.452 e. The molecule has 1 N–H and O–H groups in total. The van der Waals surface area contributed by atoms with Crippen molar-refractivity contribution >= 4 is 17.7 Å². The average molecular weight is 443 g/mol. The Morgan fingerprint density at radius 1 is 1.03 bits per heavy atom. The molecule has 166 valence electrons. The lowest BCUT2D eigenvalue weighted by molar-refractivity contribution is -0.119. The summed E-state index contributed by atoms with van der Waals surface area (Å²) in [4.78, 5) is 33.1. The Hall–Kier alpha value is -4.53. The number of anilines is 1. The second-order valence-electron chi connectivity index (χ2n) is 7.19. The van der Waals surface area contributed by atoms with E-state index in [0.29, 0.717) is 11.6 Å². The number of pyridine rings is 2. The Labute approximate surface area is 190 Å². The summed E-state index contributed by atoms with van der Waals surface area (Å²) in [6.45, 7) is 3.33. The van der Waals surface area contributed by atoms with E-state index in [0.717, 1.165) is 16.9 Å². The van der Waals surface area contributed by atoms with Crippen LogP contribution in [0, 0.1) is 13.8 Å². The first-order valence-corrected chi connectivity index (χ1v) is 10.1. The Morgan fingerprint density at radius 3 is 2.58 bits per heavy atom. The Balaban J connectivity index is 1.41. The highest BCUT2D eigenvalue weighted by Gasteiger charge is 2.18. The maximum absolute atomic E-state index is 12.6. The van der Waals surface area contributed by atoms with Gasteiger partial charge in [0.15, 0.2) is 6.61 Å². The molecule has 33 heavy (non-hydrogen) atoms. The average Bonchev–Trinajstić information content (AvgIpc) is 3.18. The van der Waals surface area contributed by atoms with Crippen LogP contribution in [0.1, 0.15) is 21.6 Å². The SMILES string of the molecule is Cc1ccc(-n2nc(C)cc2NC(=O)COC(=O)c2cccnc2Oc2cccnc2)cc1. The molecule has 0 atom stereocenters. The van der Waals surface area contributed by atoms with Crippen LogP contribution in [-0.2, 0) is 9.53 Å². The van der Waals surface area contributed by atoms with Gasteiger partial charge >= 0.3 is 5.97 Å². The maximum atomic E-state index is 12.6. The Bertz CT molecular complexity index is 1270. The number of carbonyl (C=O) groups is 2. The Morgan fingerprint density at radius 2 is 1.82 bits per heavy atom. The van der Waals surface area contributed by atoms with Gasteiger partial charge in [-0.1, -0.05) is 17.7 Å². The molecular formula is C24H21N5O4. The number of hydrogen-bond donors (Lipinski definition) is 1. The maximum Gasteiger partial charge on any atom is 0.344 e. The monoisotopic (exact) mass is 443 g/mol. The highest BCUT2D eigenvalue weighted by molar-refractivity contribution is 5.96. The van der Waals surface area contributed by atoms with Crippen molar-refractivity contribution in [1.82, 2.24) is 19.7 Å². The lowest BCUT2D eigenvalue weighted by Crippen LogP contribution is -2.22. The number of carbonyl (C=O) groups excluding carboxylic acids is 2. The van der Waals surface area contributed by atoms with Gasteiger partial charge in [0.05, 0.1) is 17.6 Å². The topological polar surface area (TPSA) is 108 Å². The standard InChI is InChI=1S/C24H21N5O4/c1-16-7-9-18(10-8-16)29-21(13-17(2)28-29)27-22(30)15-32-24(31)20-6-4-12-26-23(20)33-19-5-3-11-25-14-19/h3-14H,15H2,1-2H3,(H,27,30). The second-order valence-corrected chi connectivity index (χ2v) is 7.19.